The highest BCUT2D eigenvalue weighted by atomic mass is 35.5. The molecule has 2 aliphatic rings. The van der Waals surface area contributed by atoms with Crippen LogP contribution >= 0.6 is 57.9 Å². The van der Waals surface area contributed by atoms with Gasteiger partial charge in [0.15, 0.2) is 22.3 Å². The van der Waals surface area contributed by atoms with Gasteiger partial charge in [0.25, 0.3) is 11.8 Å². The Bertz CT molecular complexity index is 1680. The van der Waals surface area contributed by atoms with Gasteiger partial charge in [-0.2, -0.15) is 0 Å². The number of nitrogens with zero attached hydrogens (tertiary/aromatic N) is 3. The van der Waals surface area contributed by atoms with Crippen LogP contribution in [0.4, 0.5) is 5.13 Å². The number of β-lactam (4-membered cyclic amide) rings is 1. The first-order chi connectivity index (χ1) is 20.6. The molecule has 0 spiro atoms. The standard InChI is InChI=1S/C26H20Cl3N5O7S2/c1-39-33-19(15-10-43-26(30)31-15)22(35)32-20-23(36)34-21(25(37)38)11(9-42-24(20)34)8-40-18-7-13(28)3-5-17(18)41-16-4-2-12(27)6-14(16)29/h2-7,10,20,24H,8-9H2,1H3,(H2,30,31)(H,32,35)(H,37,38)/b33-19-/t20-,24-/m1/s1. The number of amides is 2. The lowest BCUT2D eigenvalue weighted by Crippen LogP contribution is -2.71. The number of carboxylic acids is 1. The van der Waals surface area contributed by atoms with E-state index in [4.69, 9.17) is 54.8 Å². The van der Waals surface area contributed by atoms with Crippen molar-refractivity contribution in [1.29, 1.82) is 0 Å². The quantitative estimate of drug-likeness (QED) is 0.156. The number of nitrogen functional groups attached to an aromatic ring is 1. The van der Waals surface area contributed by atoms with Crippen molar-refractivity contribution < 1.29 is 33.8 Å². The van der Waals surface area contributed by atoms with E-state index in [0.29, 0.717) is 21.4 Å². The number of carbonyl (C=O) groups excluding carboxylic acids is 2. The number of benzene rings is 2. The number of carbonyl (C=O) groups is 3. The van der Waals surface area contributed by atoms with Gasteiger partial charge in [0.2, 0.25) is 0 Å². The maximum Gasteiger partial charge on any atom is 0.352 e. The summed E-state index contributed by atoms with van der Waals surface area (Å²) in [7, 11) is 1.26. The molecule has 3 heterocycles. The normalized spacial score (nSPS) is 18.1. The number of halogens is 3. The first-order valence-corrected chi connectivity index (χ1v) is 15.2. The fraction of sp³-hybridized carbons (Fsp3) is 0.192. The van der Waals surface area contributed by atoms with E-state index in [2.05, 4.69) is 15.5 Å². The molecular weight excluding hydrogens is 665 g/mol. The summed E-state index contributed by atoms with van der Waals surface area (Å²) >= 11 is 20.8. The SMILES string of the molecule is CO/N=C(\C(=O)N[C@@H]1C(=O)N2C(C(=O)O)=C(COc3cc(Cl)ccc3Oc3ccc(Cl)cc3Cl)CS[C@H]12)c1csc(N)n1. The number of hydrogen-bond donors (Lipinski definition) is 3. The summed E-state index contributed by atoms with van der Waals surface area (Å²) in [6.45, 7) is -0.191. The Hall–Kier alpha value is -3.69. The van der Waals surface area contributed by atoms with E-state index in [9.17, 15) is 19.5 Å². The highest BCUT2D eigenvalue weighted by molar-refractivity contribution is 8.00. The van der Waals surface area contributed by atoms with Gasteiger partial charge in [-0.25, -0.2) is 9.78 Å². The van der Waals surface area contributed by atoms with Crippen LogP contribution in [0.2, 0.25) is 15.1 Å². The molecule has 2 aliphatic heterocycles. The van der Waals surface area contributed by atoms with Crippen molar-refractivity contribution >= 4 is 86.5 Å². The molecule has 1 fully saturated rings. The van der Waals surface area contributed by atoms with Crippen LogP contribution in [0.3, 0.4) is 0 Å². The molecule has 17 heteroatoms. The maximum atomic E-state index is 13.1. The van der Waals surface area contributed by atoms with Crippen LogP contribution in [0, 0.1) is 0 Å². The van der Waals surface area contributed by atoms with E-state index in [-0.39, 0.29) is 51.1 Å². The molecule has 1 aromatic heterocycles. The molecule has 3 aromatic rings. The summed E-state index contributed by atoms with van der Waals surface area (Å²) < 4.78 is 11.9. The Morgan fingerprint density at radius 3 is 2.53 bits per heavy atom. The zero-order valence-electron chi connectivity index (χ0n) is 21.9. The predicted molar refractivity (Wildman–Crippen MR) is 163 cm³/mol. The van der Waals surface area contributed by atoms with Crippen molar-refractivity contribution in [3.05, 3.63) is 73.8 Å². The average molecular weight is 685 g/mol. The zero-order chi connectivity index (χ0) is 30.8. The van der Waals surface area contributed by atoms with Gasteiger partial charge in [0.1, 0.15) is 42.3 Å². The number of ether oxygens (including phenoxy) is 2. The molecule has 2 amide bonds. The second-order valence-electron chi connectivity index (χ2n) is 8.87. The van der Waals surface area contributed by atoms with Gasteiger partial charge in [-0.3, -0.25) is 14.5 Å². The molecule has 0 saturated carbocycles. The number of aromatic nitrogens is 1. The molecule has 12 nitrogen and oxygen atoms in total. The molecular formula is C26H20Cl3N5O7S2. The Kier molecular flexibility index (Phi) is 9.22. The van der Waals surface area contributed by atoms with Gasteiger partial charge in [-0.05, 0) is 30.3 Å². The van der Waals surface area contributed by atoms with E-state index >= 15 is 0 Å². The number of fused-ring (bicyclic) bond motifs is 1. The van der Waals surface area contributed by atoms with Crippen molar-refractivity contribution in [2.45, 2.75) is 11.4 Å². The number of hydrogen-bond acceptors (Lipinski definition) is 11. The molecule has 5 rings (SSSR count). The number of aliphatic carboxylic acids is 1. The highest BCUT2D eigenvalue weighted by Crippen LogP contribution is 2.42. The Balaban J connectivity index is 1.32. The second-order valence-corrected chi connectivity index (χ2v) is 12.1. The molecule has 0 aliphatic carbocycles. The Morgan fingerprint density at radius 1 is 1.16 bits per heavy atom. The fourth-order valence-corrected chi connectivity index (χ4v) is 6.70. The molecule has 0 unspecified atom stereocenters. The van der Waals surface area contributed by atoms with Crippen LogP contribution in [0.1, 0.15) is 5.69 Å². The van der Waals surface area contributed by atoms with Crippen LogP contribution in [0.5, 0.6) is 17.2 Å². The van der Waals surface area contributed by atoms with E-state index in [1.807, 2.05) is 0 Å². The van der Waals surface area contributed by atoms with Crippen molar-refractivity contribution in [2.24, 2.45) is 5.16 Å². The number of oxime groups is 1. The first-order valence-electron chi connectivity index (χ1n) is 12.2. The van der Waals surface area contributed by atoms with Gasteiger partial charge >= 0.3 is 5.97 Å². The summed E-state index contributed by atoms with van der Waals surface area (Å²) in [5.74, 6) is -1.66. The van der Waals surface area contributed by atoms with Crippen molar-refractivity contribution in [3.63, 3.8) is 0 Å². The second kappa shape index (κ2) is 12.9. The Morgan fingerprint density at radius 2 is 1.88 bits per heavy atom. The van der Waals surface area contributed by atoms with Crippen LogP contribution in [-0.4, -0.2) is 69.4 Å². The number of nitrogens with two attached hydrogens (primary N) is 1. The summed E-state index contributed by atoms with van der Waals surface area (Å²) in [5.41, 5.74) is 5.76. The van der Waals surface area contributed by atoms with Crippen LogP contribution in [0.25, 0.3) is 0 Å². The molecule has 4 N–H and O–H groups in total. The number of thioether (sulfide) groups is 1. The average Bonchev–Trinajstić information content (AvgIpc) is 3.40. The largest absolute Gasteiger partial charge is 0.485 e. The smallest absolute Gasteiger partial charge is 0.352 e. The number of carboxylic acid groups (broad SMARTS) is 1. The van der Waals surface area contributed by atoms with Crippen molar-refractivity contribution in [3.8, 4) is 17.2 Å². The number of thiazole rings is 1. The lowest BCUT2D eigenvalue weighted by molar-refractivity contribution is -0.150. The van der Waals surface area contributed by atoms with E-state index in [1.54, 1.807) is 24.3 Å². The molecule has 0 bridgehead atoms. The van der Waals surface area contributed by atoms with E-state index < -0.39 is 29.2 Å². The fourth-order valence-electron chi connectivity index (χ4n) is 4.22. The highest BCUT2D eigenvalue weighted by Gasteiger charge is 2.54. The number of anilines is 1. The molecule has 43 heavy (non-hydrogen) atoms. The minimum atomic E-state index is -1.32. The minimum absolute atomic E-state index is 0.176. The summed E-state index contributed by atoms with van der Waals surface area (Å²) in [5, 5.41) is 18.5. The van der Waals surface area contributed by atoms with Gasteiger partial charge < -0.3 is 30.5 Å². The zero-order valence-corrected chi connectivity index (χ0v) is 25.8. The van der Waals surface area contributed by atoms with Gasteiger partial charge in [-0.15, -0.1) is 23.1 Å². The van der Waals surface area contributed by atoms with E-state index in [0.717, 1.165) is 16.2 Å². The lowest BCUT2D eigenvalue weighted by Gasteiger charge is -2.49. The van der Waals surface area contributed by atoms with Crippen LogP contribution in [-0.2, 0) is 19.2 Å². The number of rotatable bonds is 10. The summed E-state index contributed by atoms with van der Waals surface area (Å²) in [6, 6.07) is 8.39. The predicted octanol–water partition coefficient (Wildman–Crippen LogP) is 4.65. The topological polar surface area (TPSA) is 166 Å². The third-order valence-corrected chi connectivity index (χ3v) is 8.90. The monoisotopic (exact) mass is 683 g/mol. The van der Waals surface area contributed by atoms with Gasteiger partial charge in [0, 0.05) is 32.8 Å². The molecule has 224 valence electrons. The summed E-state index contributed by atoms with van der Waals surface area (Å²) in [4.78, 5) is 48.3. The van der Waals surface area contributed by atoms with Crippen molar-refractivity contribution in [2.75, 3.05) is 25.2 Å². The minimum Gasteiger partial charge on any atom is -0.485 e. The van der Waals surface area contributed by atoms with Crippen molar-refractivity contribution in [1.82, 2.24) is 15.2 Å². The molecule has 0 radical (unpaired) electrons. The third kappa shape index (κ3) is 6.48. The maximum absolute atomic E-state index is 13.1. The Labute approximate surface area is 267 Å². The van der Waals surface area contributed by atoms with E-state index in [1.165, 1.54) is 36.4 Å². The molecule has 2 atom stereocenters. The number of nitrogens with one attached hydrogen (secondary N) is 1. The third-order valence-electron chi connectivity index (χ3n) is 6.12. The van der Waals surface area contributed by atoms with Gasteiger partial charge in [-0.1, -0.05) is 40.0 Å². The van der Waals surface area contributed by atoms with Crippen LogP contribution < -0.4 is 20.5 Å². The lowest BCUT2D eigenvalue weighted by atomic mass is 10.0. The molecule has 2 aromatic carbocycles. The summed E-state index contributed by atoms with van der Waals surface area (Å²) in [6.07, 6.45) is 0. The van der Waals surface area contributed by atoms with Gasteiger partial charge in [0.05, 0.1) is 5.02 Å². The van der Waals surface area contributed by atoms with Crippen LogP contribution in [0.15, 0.2) is 58.2 Å². The molecule has 1 saturated heterocycles. The first kappa shape index (κ1) is 30.8.